The zero-order valence-electron chi connectivity index (χ0n) is 14.5. The third kappa shape index (κ3) is 3.55. The summed E-state index contributed by atoms with van der Waals surface area (Å²) in [5.41, 5.74) is 0.820. The largest absolute Gasteiger partial charge is 0.497 e. The predicted molar refractivity (Wildman–Crippen MR) is 91.9 cm³/mol. The van der Waals surface area contributed by atoms with E-state index in [1.165, 1.54) is 0 Å². The van der Waals surface area contributed by atoms with E-state index in [0.717, 1.165) is 37.5 Å². The van der Waals surface area contributed by atoms with Gasteiger partial charge in [0, 0.05) is 19.4 Å². The summed E-state index contributed by atoms with van der Waals surface area (Å²) in [5.74, 6) is 2.42. The summed E-state index contributed by atoms with van der Waals surface area (Å²) >= 11 is 0. The van der Waals surface area contributed by atoms with E-state index in [2.05, 4.69) is 15.2 Å². The molecule has 136 valence electrons. The predicted octanol–water partition coefficient (Wildman–Crippen LogP) is 2.87. The zero-order chi connectivity index (χ0) is 17.8. The first-order valence-electron chi connectivity index (χ1n) is 8.54. The van der Waals surface area contributed by atoms with Crippen molar-refractivity contribution in [2.24, 2.45) is 0 Å². The molecule has 8 heteroatoms. The Bertz CT molecular complexity index is 837. The van der Waals surface area contributed by atoms with E-state index in [4.69, 9.17) is 18.7 Å². The molecule has 0 aliphatic carbocycles. The van der Waals surface area contributed by atoms with E-state index in [1.54, 1.807) is 13.3 Å². The number of methoxy groups -OCH3 is 1. The monoisotopic (exact) mass is 356 g/mol. The molecule has 0 radical (unpaired) electrons. The van der Waals surface area contributed by atoms with Crippen LogP contribution >= 0.6 is 0 Å². The molecule has 4 rings (SSSR count). The van der Waals surface area contributed by atoms with Crippen LogP contribution in [-0.2, 0) is 11.3 Å². The van der Waals surface area contributed by atoms with Gasteiger partial charge < -0.3 is 18.7 Å². The Hall–Kier alpha value is -2.87. The van der Waals surface area contributed by atoms with Gasteiger partial charge >= 0.3 is 0 Å². The highest BCUT2D eigenvalue weighted by molar-refractivity contribution is 5.46. The van der Waals surface area contributed by atoms with Crippen LogP contribution in [0.5, 0.6) is 11.5 Å². The Morgan fingerprint density at radius 2 is 1.88 bits per heavy atom. The van der Waals surface area contributed by atoms with E-state index >= 15 is 0 Å². The lowest BCUT2D eigenvalue weighted by molar-refractivity contribution is 0.0665. The first kappa shape index (κ1) is 16.6. The standard InChI is InChI=1S/C18H20N4O4/c1-23-14-2-4-15(5-3-14)25-12-17-20-18(26-21-17)16-6-9-19-22(16)13-7-10-24-11-8-13/h2-6,9,13H,7-8,10-12H2,1H3. The normalized spacial score (nSPS) is 15.1. The van der Waals surface area contributed by atoms with Gasteiger partial charge in [-0.15, -0.1) is 0 Å². The van der Waals surface area contributed by atoms with Crippen molar-refractivity contribution in [3.8, 4) is 23.1 Å². The highest BCUT2D eigenvalue weighted by atomic mass is 16.5. The smallest absolute Gasteiger partial charge is 0.276 e. The lowest BCUT2D eigenvalue weighted by Gasteiger charge is -2.23. The lowest BCUT2D eigenvalue weighted by Crippen LogP contribution is -2.21. The van der Waals surface area contributed by atoms with E-state index in [0.29, 0.717) is 23.5 Å². The van der Waals surface area contributed by atoms with Gasteiger partial charge in [-0.25, -0.2) is 0 Å². The van der Waals surface area contributed by atoms with E-state index in [1.807, 2.05) is 35.0 Å². The molecular weight excluding hydrogens is 336 g/mol. The molecule has 0 N–H and O–H groups in total. The average molecular weight is 356 g/mol. The number of benzene rings is 1. The Kier molecular flexibility index (Phi) is 4.83. The molecule has 1 aliphatic heterocycles. The Morgan fingerprint density at radius 1 is 1.12 bits per heavy atom. The first-order valence-corrected chi connectivity index (χ1v) is 8.54. The van der Waals surface area contributed by atoms with E-state index in [9.17, 15) is 0 Å². The number of nitrogens with zero attached hydrogens (tertiary/aromatic N) is 4. The lowest BCUT2D eigenvalue weighted by atomic mass is 10.1. The van der Waals surface area contributed by atoms with Crippen LogP contribution in [0.1, 0.15) is 24.7 Å². The second-order valence-electron chi connectivity index (χ2n) is 5.98. The zero-order valence-corrected chi connectivity index (χ0v) is 14.5. The Balaban J connectivity index is 1.44. The molecule has 26 heavy (non-hydrogen) atoms. The number of hydrogen-bond donors (Lipinski definition) is 0. The molecule has 0 atom stereocenters. The van der Waals surface area contributed by atoms with E-state index < -0.39 is 0 Å². The SMILES string of the molecule is COc1ccc(OCc2noc(-c3ccnn3C3CCOCC3)n2)cc1. The molecule has 0 saturated carbocycles. The fraction of sp³-hybridized carbons (Fsp3) is 0.389. The molecule has 2 aromatic heterocycles. The summed E-state index contributed by atoms with van der Waals surface area (Å²) in [7, 11) is 1.63. The maximum atomic E-state index is 5.69. The van der Waals surface area contributed by atoms with Crippen LogP contribution < -0.4 is 9.47 Å². The fourth-order valence-electron chi connectivity index (χ4n) is 2.94. The van der Waals surface area contributed by atoms with Gasteiger partial charge in [-0.2, -0.15) is 10.1 Å². The van der Waals surface area contributed by atoms with E-state index in [-0.39, 0.29) is 6.61 Å². The summed E-state index contributed by atoms with van der Waals surface area (Å²) in [6.07, 6.45) is 3.61. The van der Waals surface area contributed by atoms with Crippen molar-refractivity contribution < 1.29 is 18.7 Å². The number of ether oxygens (including phenoxy) is 3. The molecule has 1 saturated heterocycles. The molecule has 1 fully saturated rings. The topological polar surface area (TPSA) is 84.4 Å². The molecule has 0 bridgehead atoms. The molecule has 0 unspecified atom stereocenters. The maximum Gasteiger partial charge on any atom is 0.276 e. The van der Waals surface area contributed by atoms with Gasteiger partial charge in [0.05, 0.1) is 13.2 Å². The molecule has 8 nitrogen and oxygen atoms in total. The number of hydrogen-bond acceptors (Lipinski definition) is 7. The average Bonchev–Trinajstić information content (AvgIpc) is 3.36. The van der Waals surface area contributed by atoms with Gasteiger partial charge in [0.25, 0.3) is 5.89 Å². The molecule has 0 amide bonds. The minimum absolute atomic E-state index is 0.223. The minimum atomic E-state index is 0.223. The molecule has 1 aliphatic rings. The summed E-state index contributed by atoms with van der Waals surface area (Å²) in [6.45, 7) is 1.71. The molecule has 3 aromatic rings. The molecular formula is C18H20N4O4. The molecule has 1 aromatic carbocycles. The van der Waals surface area contributed by atoms with Crippen molar-refractivity contribution in [2.75, 3.05) is 20.3 Å². The Labute approximate surface area is 150 Å². The third-order valence-corrected chi connectivity index (χ3v) is 4.32. The highest BCUT2D eigenvalue weighted by Crippen LogP contribution is 2.27. The third-order valence-electron chi connectivity index (χ3n) is 4.32. The van der Waals surface area contributed by atoms with Crippen LogP contribution in [0.2, 0.25) is 0 Å². The maximum absolute atomic E-state index is 5.69. The van der Waals surface area contributed by atoms with Crippen molar-refractivity contribution in [3.63, 3.8) is 0 Å². The Morgan fingerprint density at radius 3 is 2.65 bits per heavy atom. The minimum Gasteiger partial charge on any atom is -0.497 e. The van der Waals surface area contributed by atoms with Gasteiger partial charge in [-0.05, 0) is 43.2 Å². The van der Waals surface area contributed by atoms with Gasteiger partial charge in [0.2, 0.25) is 5.82 Å². The van der Waals surface area contributed by atoms with Crippen molar-refractivity contribution in [2.45, 2.75) is 25.5 Å². The van der Waals surface area contributed by atoms with Crippen LogP contribution in [0.3, 0.4) is 0 Å². The van der Waals surface area contributed by atoms with Crippen LogP contribution in [0.4, 0.5) is 0 Å². The van der Waals surface area contributed by atoms with Crippen molar-refractivity contribution in [1.82, 2.24) is 19.9 Å². The number of rotatable bonds is 6. The summed E-state index contributed by atoms with van der Waals surface area (Å²) in [4.78, 5) is 4.44. The second kappa shape index (κ2) is 7.57. The van der Waals surface area contributed by atoms with Crippen LogP contribution in [0, 0.1) is 0 Å². The fourth-order valence-corrected chi connectivity index (χ4v) is 2.94. The summed E-state index contributed by atoms with van der Waals surface area (Å²) in [6, 6.07) is 9.52. The molecule has 3 heterocycles. The highest BCUT2D eigenvalue weighted by Gasteiger charge is 2.22. The van der Waals surface area contributed by atoms with Crippen LogP contribution in [0.25, 0.3) is 11.6 Å². The van der Waals surface area contributed by atoms with Gasteiger partial charge in [-0.1, -0.05) is 5.16 Å². The van der Waals surface area contributed by atoms with Crippen LogP contribution in [-0.4, -0.2) is 40.2 Å². The second-order valence-corrected chi connectivity index (χ2v) is 5.98. The number of aromatic nitrogens is 4. The summed E-state index contributed by atoms with van der Waals surface area (Å²) < 4.78 is 23.6. The quantitative estimate of drug-likeness (QED) is 0.671. The van der Waals surface area contributed by atoms with Crippen molar-refractivity contribution in [3.05, 3.63) is 42.4 Å². The van der Waals surface area contributed by atoms with Gasteiger partial charge in [0.1, 0.15) is 17.2 Å². The first-order chi connectivity index (χ1) is 12.8. The van der Waals surface area contributed by atoms with Gasteiger partial charge in [0.15, 0.2) is 6.61 Å². The summed E-state index contributed by atoms with van der Waals surface area (Å²) in [5, 5.41) is 8.43. The van der Waals surface area contributed by atoms with Crippen LogP contribution in [0.15, 0.2) is 41.1 Å². The van der Waals surface area contributed by atoms with Crippen molar-refractivity contribution >= 4 is 0 Å². The van der Waals surface area contributed by atoms with Gasteiger partial charge in [-0.3, -0.25) is 4.68 Å². The molecule has 0 spiro atoms. The van der Waals surface area contributed by atoms with Crippen molar-refractivity contribution in [1.29, 1.82) is 0 Å².